The van der Waals surface area contributed by atoms with Crippen LogP contribution in [0.25, 0.3) is 0 Å². The van der Waals surface area contributed by atoms with Gasteiger partial charge in [0, 0.05) is 153 Å². The summed E-state index contributed by atoms with van der Waals surface area (Å²) in [4.78, 5) is 196. The molecule has 2 aromatic rings. The number of ketones is 6. The van der Waals surface area contributed by atoms with E-state index < -0.39 is 47.9 Å². The topological polar surface area (TPSA) is 389 Å². The van der Waals surface area contributed by atoms with Crippen molar-refractivity contribution in [3.05, 3.63) is 96.1 Å². The van der Waals surface area contributed by atoms with E-state index in [-0.39, 0.29) is 172 Å². The summed E-state index contributed by atoms with van der Waals surface area (Å²) in [7, 11) is 1.62. The minimum absolute atomic E-state index is 0.00980. The van der Waals surface area contributed by atoms with Gasteiger partial charge in [-0.2, -0.15) is 0 Å². The van der Waals surface area contributed by atoms with Crippen LogP contribution in [0.3, 0.4) is 0 Å². The van der Waals surface area contributed by atoms with Crippen LogP contribution in [0.15, 0.2) is 85.0 Å². The van der Waals surface area contributed by atoms with Crippen molar-refractivity contribution in [2.24, 2.45) is 23.7 Å². The molecule has 28 nitrogen and oxygen atoms in total. The first-order chi connectivity index (χ1) is 52.2. The van der Waals surface area contributed by atoms with E-state index in [1.54, 1.807) is 14.0 Å². The lowest BCUT2D eigenvalue weighted by Crippen LogP contribution is -2.46. The summed E-state index contributed by atoms with van der Waals surface area (Å²) in [6, 6.07) is 17.5. The predicted molar refractivity (Wildman–Crippen MR) is 408 cm³/mol. The number of imide groups is 2. The Bertz CT molecular complexity index is 3230. The fraction of sp³-hybridized carbons (Fsp3) is 0.605. The van der Waals surface area contributed by atoms with Gasteiger partial charge in [0.1, 0.15) is 18.0 Å². The number of nitrogens with zero attached hydrogens (tertiary/aromatic N) is 2. The maximum atomic E-state index is 13.5. The lowest BCUT2D eigenvalue weighted by molar-refractivity contribution is -0.139. The van der Waals surface area contributed by atoms with Crippen LogP contribution in [-0.4, -0.2) is 208 Å². The number of rotatable bonds is 58. The van der Waals surface area contributed by atoms with Crippen molar-refractivity contribution in [1.29, 1.82) is 0 Å². The molecule has 2 aliphatic heterocycles. The molecule has 604 valence electrons. The highest BCUT2D eigenvalue weighted by Gasteiger charge is 2.30. The van der Waals surface area contributed by atoms with Crippen molar-refractivity contribution in [2.45, 2.75) is 202 Å². The molecule has 0 saturated heterocycles. The number of amides is 10. The molecular formula is C81H120N8O20. The average Bonchev–Trinajstić information content (AvgIpc) is 1.82. The number of hydrogen-bond acceptors (Lipinski definition) is 20. The standard InChI is InChI=1S/C35H51N3O8.C32H48N4O7.C14H21NO5/c1-26(2)24-30(37-35(44)27(3)25-28-10-5-4-6-11-28)31(40)13-14-32(41)36-18-9-21-46-23-22-45-20-8-7-12-29(39)17-19-38-33(42)15-16-34(38)43;1-5-7-15-33-29(40)14-13-28(39)27(16-22(3)4)36-32(43)24(17-23-11-9-8-10-12-23)18-26(38)21-35-31(42)19-30(41)34-20-25(37)6-2;1-19-10-11-20-9-3-2-4-12(16)7-8-15-13(17)5-6-14(15)18/h4-6,10-11,15-16,26-27,30H,7-9,12-14,17-25H2,1-3H3,(H,36,41)(H,37,44);8-12,22,24,27H,5-7,13-21H2,1-4H3,(H,33,40)(H,34,41)(H,35,42)(H,36,43);5-6H,2-4,7-11H2,1H3. The maximum Gasteiger partial charge on any atom is 0.253 e. The predicted octanol–water partition coefficient (Wildman–Crippen LogP) is 6.25. The zero-order valence-corrected chi connectivity index (χ0v) is 65.4. The second-order valence-corrected chi connectivity index (χ2v) is 27.7. The summed E-state index contributed by atoms with van der Waals surface area (Å²) in [5.74, 6) is -5.45. The van der Waals surface area contributed by atoms with Gasteiger partial charge in [0.2, 0.25) is 35.4 Å². The summed E-state index contributed by atoms with van der Waals surface area (Å²) in [5, 5.41) is 16.1. The zero-order chi connectivity index (χ0) is 80.7. The average molecular weight is 1530 g/mol. The molecule has 4 rings (SSSR count). The van der Waals surface area contributed by atoms with Gasteiger partial charge in [-0.15, -0.1) is 0 Å². The van der Waals surface area contributed by atoms with Crippen LogP contribution in [0.2, 0.25) is 0 Å². The SMILES string of the molecule is CC(C)CC(NC(=O)C(C)Cc1ccccc1)C(=O)CCC(=O)NCCCOCCOCCCCC(=O)CCN1C(=O)C=CC1=O.CCCCNC(=O)CCC(=O)C(CC(C)C)NC(=O)C(CC(=O)CNC(=O)CC(=O)NCC(=O)CC)Cc1ccccc1.COCCOCCCCC(=O)CCN1C(=O)C=CC1=O. The molecule has 0 spiro atoms. The molecule has 0 fully saturated rings. The van der Waals surface area contributed by atoms with Crippen LogP contribution >= 0.6 is 0 Å². The Morgan fingerprint density at radius 2 is 0.826 bits per heavy atom. The lowest BCUT2D eigenvalue weighted by Gasteiger charge is -2.23. The van der Waals surface area contributed by atoms with Crippen molar-refractivity contribution in [2.75, 3.05) is 92.6 Å². The van der Waals surface area contributed by atoms with Crippen LogP contribution in [0.4, 0.5) is 0 Å². The van der Waals surface area contributed by atoms with Gasteiger partial charge in [-0.1, -0.05) is 116 Å². The van der Waals surface area contributed by atoms with Crippen molar-refractivity contribution in [3.63, 3.8) is 0 Å². The van der Waals surface area contributed by atoms with Crippen molar-refractivity contribution >= 4 is 93.8 Å². The van der Waals surface area contributed by atoms with Crippen LogP contribution in [0, 0.1) is 23.7 Å². The second-order valence-electron chi connectivity index (χ2n) is 27.7. The number of benzene rings is 2. The van der Waals surface area contributed by atoms with Crippen molar-refractivity contribution in [1.82, 2.24) is 41.7 Å². The molecule has 4 atom stereocenters. The largest absolute Gasteiger partial charge is 0.382 e. The number of Topliss-reactive ketones (excluding diaryl/α,β-unsaturated/α-hetero) is 6. The molecule has 0 aliphatic carbocycles. The quantitative estimate of drug-likeness (QED) is 0.0242. The van der Waals surface area contributed by atoms with E-state index in [9.17, 15) is 76.7 Å². The van der Waals surface area contributed by atoms with Crippen molar-refractivity contribution < 1.29 is 95.7 Å². The van der Waals surface area contributed by atoms with E-state index in [4.69, 9.17) is 18.9 Å². The van der Waals surface area contributed by atoms with E-state index in [2.05, 4.69) is 31.9 Å². The second kappa shape index (κ2) is 57.9. The smallest absolute Gasteiger partial charge is 0.253 e. The molecule has 28 heteroatoms. The van der Waals surface area contributed by atoms with Gasteiger partial charge in [-0.25, -0.2) is 0 Å². The Labute approximate surface area is 642 Å². The molecule has 109 heavy (non-hydrogen) atoms. The summed E-state index contributed by atoms with van der Waals surface area (Å²) in [5.41, 5.74) is 1.89. The highest BCUT2D eigenvalue weighted by Crippen LogP contribution is 2.18. The third kappa shape index (κ3) is 46.1. The fourth-order valence-electron chi connectivity index (χ4n) is 10.9. The van der Waals surface area contributed by atoms with Crippen LogP contribution in [-0.2, 0) is 109 Å². The number of carbonyl (C=O) groups excluding carboxylic acids is 16. The molecule has 2 aliphatic rings. The maximum absolute atomic E-state index is 13.5. The molecule has 6 N–H and O–H groups in total. The minimum Gasteiger partial charge on any atom is -0.382 e. The molecule has 0 radical (unpaired) electrons. The van der Waals surface area contributed by atoms with E-state index in [1.807, 2.05) is 102 Å². The van der Waals surface area contributed by atoms with Crippen LogP contribution in [0.1, 0.15) is 188 Å². The first-order valence-electron chi connectivity index (χ1n) is 38.3. The van der Waals surface area contributed by atoms with Gasteiger partial charge in [0.25, 0.3) is 23.6 Å². The molecule has 4 unspecified atom stereocenters. The van der Waals surface area contributed by atoms with E-state index in [0.29, 0.717) is 104 Å². The van der Waals surface area contributed by atoms with Gasteiger partial charge in [0.15, 0.2) is 23.1 Å². The highest BCUT2D eigenvalue weighted by atomic mass is 16.5. The molecule has 0 bridgehead atoms. The van der Waals surface area contributed by atoms with Crippen LogP contribution in [0.5, 0.6) is 0 Å². The third-order valence-electron chi connectivity index (χ3n) is 17.2. The van der Waals surface area contributed by atoms with E-state index >= 15 is 0 Å². The highest BCUT2D eigenvalue weighted by molar-refractivity contribution is 6.13. The van der Waals surface area contributed by atoms with Gasteiger partial charge in [0.05, 0.1) is 51.6 Å². The Balaban J connectivity index is 0.000000595. The Kier molecular flexibility index (Phi) is 51.0. The Morgan fingerprint density at radius 3 is 1.26 bits per heavy atom. The monoisotopic (exact) mass is 1520 g/mol. The third-order valence-corrected chi connectivity index (χ3v) is 17.2. The molecule has 0 saturated carbocycles. The number of nitrogens with one attached hydrogen (secondary N) is 6. The number of methoxy groups -OCH3 is 1. The molecule has 0 aromatic heterocycles. The summed E-state index contributed by atoms with van der Waals surface area (Å²) in [6.45, 7) is 17.7. The number of hydrogen-bond donors (Lipinski definition) is 6. The Hall–Kier alpha value is -9.12. The first-order valence-corrected chi connectivity index (χ1v) is 38.3. The zero-order valence-electron chi connectivity index (χ0n) is 65.4. The summed E-state index contributed by atoms with van der Waals surface area (Å²) in [6.07, 6.45) is 12.9. The first kappa shape index (κ1) is 96.0. The van der Waals surface area contributed by atoms with E-state index in [1.165, 1.54) is 24.3 Å². The normalized spacial score (nSPS) is 13.3. The van der Waals surface area contributed by atoms with Gasteiger partial charge in [-0.3, -0.25) is 86.5 Å². The minimum atomic E-state index is -0.810. The molecule has 2 heterocycles. The van der Waals surface area contributed by atoms with Crippen molar-refractivity contribution in [3.8, 4) is 0 Å². The fourth-order valence-corrected chi connectivity index (χ4v) is 10.9. The summed E-state index contributed by atoms with van der Waals surface area (Å²) >= 11 is 0. The van der Waals surface area contributed by atoms with Gasteiger partial charge in [-0.05, 0) is 87.2 Å². The van der Waals surface area contributed by atoms with Gasteiger partial charge >= 0.3 is 0 Å². The molecule has 10 amide bonds. The van der Waals surface area contributed by atoms with E-state index in [0.717, 1.165) is 53.0 Å². The number of carbonyl (C=O) groups is 16. The Morgan fingerprint density at radius 1 is 0.413 bits per heavy atom. The number of ether oxygens (including phenoxy) is 4. The van der Waals surface area contributed by atoms with Gasteiger partial charge < -0.3 is 50.8 Å². The number of unbranched alkanes of at least 4 members (excludes halogenated alkanes) is 3. The molecular weight excluding hydrogens is 1400 g/mol. The molecule has 2 aromatic carbocycles. The van der Waals surface area contributed by atoms with Crippen LogP contribution < -0.4 is 31.9 Å². The lowest BCUT2D eigenvalue weighted by atomic mass is 9.91. The summed E-state index contributed by atoms with van der Waals surface area (Å²) < 4.78 is 21.2.